The number of halogens is 6. The molecule has 1 aromatic rings. The van der Waals surface area contributed by atoms with Gasteiger partial charge >= 0.3 is 0 Å². The number of rotatable bonds is 4. The highest BCUT2D eigenvalue weighted by Crippen LogP contribution is 2.45. The molecule has 0 amide bonds. The van der Waals surface area contributed by atoms with Crippen molar-refractivity contribution in [2.75, 3.05) is 0 Å². The lowest BCUT2D eigenvalue weighted by atomic mass is 9.77. The third kappa shape index (κ3) is 5.16. The van der Waals surface area contributed by atoms with Crippen LogP contribution in [-0.4, -0.2) is 39.8 Å². The highest BCUT2D eigenvalue weighted by atomic mass is 19.3. The van der Waals surface area contributed by atoms with Crippen molar-refractivity contribution in [3.8, 4) is 0 Å². The molecule has 182 valence electrons. The predicted octanol–water partition coefficient (Wildman–Crippen LogP) is 3.83. The lowest BCUT2D eigenvalue weighted by Gasteiger charge is -2.43. The zero-order chi connectivity index (χ0) is 23.9. The molecule has 33 heavy (non-hydrogen) atoms. The molecule has 0 aromatic carbocycles. The molecule has 0 saturated heterocycles. The van der Waals surface area contributed by atoms with Gasteiger partial charge in [-0.3, -0.25) is 0 Å². The Kier molecular flexibility index (Phi) is 6.16. The van der Waals surface area contributed by atoms with Crippen molar-refractivity contribution in [3.63, 3.8) is 0 Å². The van der Waals surface area contributed by atoms with Crippen LogP contribution >= 0.6 is 0 Å². The average molecular weight is 477 g/mol. The maximum atomic E-state index is 13.9. The molecule has 2 fully saturated rings. The van der Waals surface area contributed by atoms with Gasteiger partial charge in [0, 0.05) is 43.8 Å². The normalized spacial score (nSPS) is 28.1. The summed E-state index contributed by atoms with van der Waals surface area (Å²) in [5.41, 5.74) is 3.81. The molecule has 2 saturated carbocycles. The third-order valence-corrected chi connectivity index (χ3v) is 6.43. The second kappa shape index (κ2) is 8.64. The van der Waals surface area contributed by atoms with Crippen molar-refractivity contribution in [1.82, 2.24) is 20.6 Å². The van der Waals surface area contributed by atoms with Crippen LogP contribution in [0.15, 0.2) is 22.2 Å². The van der Waals surface area contributed by atoms with Crippen LogP contribution in [0.25, 0.3) is 0 Å². The maximum absolute atomic E-state index is 13.9. The highest BCUT2D eigenvalue weighted by molar-refractivity contribution is 5.96. The van der Waals surface area contributed by atoms with Gasteiger partial charge in [-0.2, -0.15) is 4.99 Å². The van der Waals surface area contributed by atoms with Crippen molar-refractivity contribution in [3.05, 3.63) is 23.8 Å². The van der Waals surface area contributed by atoms with Gasteiger partial charge in [0.2, 0.25) is 23.8 Å². The van der Waals surface area contributed by atoms with Crippen LogP contribution < -0.4 is 16.4 Å². The summed E-state index contributed by atoms with van der Waals surface area (Å²) >= 11 is 0. The van der Waals surface area contributed by atoms with Crippen LogP contribution in [0.2, 0.25) is 0 Å². The average Bonchev–Trinajstić information content (AvgIpc) is 2.75. The molecule has 2 aliphatic carbocycles. The Morgan fingerprint density at radius 1 is 1.00 bits per heavy atom. The molecule has 13 heteroatoms. The van der Waals surface area contributed by atoms with Crippen LogP contribution in [0.3, 0.4) is 0 Å². The van der Waals surface area contributed by atoms with Crippen molar-refractivity contribution in [1.29, 1.82) is 0 Å². The first-order valence-corrected chi connectivity index (χ1v) is 10.8. The van der Waals surface area contributed by atoms with Gasteiger partial charge in [0.1, 0.15) is 5.69 Å². The number of nitrogens with two attached hydrogens (primary N) is 1. The van der Waals surface area contributed by atoms with E-state index >= 15 is 0 Å². The minimum atomic E-state index is -2.88. The minimum absolute atomic E-state index is 0.0159. The SMILES string of the molecule is NC1=NC(c2nccc(C(F)F)n2)(C2CCC(F)(F)CC2)NC(NC2CCC(F)(F)CC2)=N1. The van der Waals surface area contributed by atoms with E-state index in [4.69, 9.17) is 5.73 Å². The molecule has 0 spiro atoms. The molecule has 2 heterocycles. The highest BCUT2D eigenvalue weighted by Gasteiger charge is 2.50. The molecule has 4 rings (SSSR count). The van der Waals surface area contributed by atoms with Crippen LogP contribution in [0.5, 0.6) is 0 Å². The number of hydrogen-bond acceptors (Lipinski definition) is 7. The summed E-state index contributed by atoms with van der Waals surface area (Å²) in [7, 11) is 0. The van der Waals surface area contributed by atoms with Gasteiger partial charge < -0.3 is 16.4 Å². The molecule has 1 aromatic heterocycles. The quantitative estimate of drug-likeness (QED) is 0.573. The van der Waals surface area contributed by atoms with Crippen molar-refractivity contribution in [2.45, 2.75) is 81.3 Å². The summed E-state index contributed by atoms with van der Waals surface area (Å²) in [6.45, 7) is 0. The molecule has 0 bridgehead atoms. The summed E-state index contributed by atoms with van der Waals surface area (Å²) in [5, 5.41) is 6.05. The molecule has 3 aliphatic rings. The largest absolute Gasteiger partial charge is 0.368 e. The van der Waals surface area contributed by atoms with Gasteiger partial charge in [-0.25, -0.2) is 41.3 Å². The van der Waals surface area contributed by atoms with E-state index in [9.17, 15) is 26.3 Å². The Hall–Kier alpha value is -2.60. The topological polar surface area (TPSA) is 101 Å². The van der Waals surface area contributed by atoms with E-state index in [1.807, 2.05) is 0 Å². The van der Waals surface area contributed by atoms with Gasteiger partial charge in [-0.05, 0) is 31.7 Å². The van der Waals surface area contributed by atoms with Crippen LogP contribution in [-0.2, 0) is 5.66 Å². The van der Waals surface area contributed by atoms with Gasteiger partial charge in [-0.1, -0.05) is 0 Å². The van der Waals surface area contributed by atoms with Crippen LogP contribution in [0, 0.1) is 5.92 Å². The fraction of sp³-hybridized carbons (Fsp3) is 0.700. The molecule has 1 unspecified atom stereocenters. The van der Waals surface area contributed by atoms with Gasteiger partial charge in [0.15, 0.2) is 11.5 Å². The first kappa shape index (κ1) is 23.6. The summed E-state index contributed by atoms with van der Waals surface area (Å²) in [5.74, 6) is -6.41. The smallest absolute Gasteiger partial charge is 0.280 e. The number of aliphatic imine (C=N–C) groups is 2. The van der Waals surface area contributed by atoms with Gasteiger partial charge in [0.05, 0.1) is 0 Å². The Morgan fingerprint density at radius 2 is 1.61 bits per heavy atom. The first-order valence-electron chi connectivity index (χ1n) is 10.8. The number of nitrogens with one attached hydrogen (secondary N) is 2. The monoisotopic (exact) mass is 477 g/mol. The molecule has 4 N–H and O–H groups in total. The molecule has 7 nitrogen and oxygen atoms in total. The fourth-order valence-electron chi connectivity index (χ4n) is 4.62. The lowest BCUT2D eigenvalue weighted by Crippen LogP contribution is -2.60. The lowest BCUT2D eigenvalue weighted by molar-refractivity contribution is -0.0573. The first-order chi connectivity index (χ1) is 15.5. The Bertz CT molecular complexity index is 917. The second-order valence-corrected chi connectivity index (χ2v) is 8.83. The van der Waals surface area contributed by atoms with E-state index < -0.39 is 48.4 Å². The number of hydrogen-bond donors (Lipinski definition) is 3. The molecule has 1 atom stereocenters. The van der Waals surface area contributed by atoms with Crippen molar-refractivity contribution < 1.29 is 26.3 Å². The number of nitrogens with zero attached hydrogens (tertiary/aromatic N) is 4. The number of alkyl halides is 6. The zero-order valence-electron chi connectivity index (χ0n) is 17.7. The fourth-order valence-corrected chi connectivity index (χ4v) is 4.62. The van der Waals surface area contributed by atoms with E-state index in [0.29, 0.717) is 0 Å². The summed E-state index contributed by atoms with van der Waals surface area (Å²) < 4.78 is 81.4. The van der Waals surface area contributed by atoms with E-state index in [0.717, 1.165) is 12.3 Å². The molecular weight excluding hydrogens is 452 g/mol. The molecule has 1 aliphatic heterocycles. The van der Waals surface area contributed by atoms with Crippen molar-refractivity contribution in [2.24, 2.45) is 21.6 Å². The Morgan fingerprint density at radius 3 is 2.21 bits per heavy atom. The van der Waals surface area contributed by atoms with Crippen LogP contribution in [0.4, 0.5) is 26.3 Å². The second-order valence-electron chi connectivity index (χ2n) is 8.83. The summed E-state index contributed by atoms with van der Waals surface area (Å²) in [6, 6.07) is 0.728. The standard InChI is InChI=1S/C20H25F6N7/c21-14(22)13-5-10-28-15(30-13)20(11-1-6-18(23,24)7-2-11)32-16(27)31-17(33-20)29-12-3-8-19(25,26)9-4-12/h5,10-12,14H,1-4,6-9H2,(H4,27,29,31,32,33). The minimum Gasteiger partial charge on any atom is -0.368 e. The van der Waals surface area contributed by atoms with Crippen molar-refractivity contribution >= 4 is 11.9 Å². The summed E-state index contributed by atoms with van der Waals surface area (Å²) in [4.78, 5) is 16.5. The van der Waals surface area contributed by atoms with Gasteiger partial charge in [-0.15, -0.1) is 0 Å². The van der Waals surface area contributed by atoms with Gasteiger partial charge in [0.25, 0.3) is 6.43 Å². The zero-order valence-corrected chi connectivity index (χ0v) is 17.7. The Balaban J connectivity index is 1.65. The third-order valence-electron chi connectivity index (χ3n) is 6.43. The van der Waals surface area contributed by atoms with E-state index in [1.54, 1.807) is 0 Å². The maximum Gasteiger partial charge on any atom is 0.280 e. The van der Waals surface area contributed by atoms with E-state index in [-0.39, 0.29) is 62.3 Å². The van der Waals surface area contributed by atoms with Crippen LogP contribution in [0.1, 0.15) is 69.3 Å². The molecular formula is C20H25F6N7. The Labute approximate surface area is 186 Å². The predicted molar refractivity (Wildman–Crippen MR) is 108 cm³/mol. The molecule has 0 radical (unpaired) electrons. The summed E-state index contributed by atoms with van der Waals surface area (Å²) in [6.07, 6.45) is -2.73. The number of guanidine groups is 2. The van der Waals surface area contributed by atoms with E-state index in [2.05, 4.69) is 30.6 Å². The van der Waals surface area contributed by atoms with E-state index in [1.165, 1.54) is 0 Å². The number of aromatic nitrogens is 2.